The molecule has 1 aliphatic rings. The predicted molar refractivity (Wildman–Crippen MR) is 109 cm³/mol. The van der Waals surface area contributed by atoms with Crippen molar-refractivity contribution in [3.05, 3.63) is 83.3 Å². The molecule has 0 atom stereocenters. The van der Waals surface area contributed by atoms with Crippen LogP contribution in [-0.2, 0) is 26.0 Å². The lowest BCUT2D eigenvalue weighted by molar-refractivity contribution is 0.285. The fourth-order valence-electron chi connectivity index (χ4n) is 3.47. The summed E-state index contributed by atoms with van der Waals surface area (Å²) in [6.07, 6.45) is 6.27. The Bertz CT molecular complexity index is 844. The van der Waals surface area contributed by atoms with E-state index in [0.717, 1.165) is 30.8 Å². The van der Waals surface area contributed by atoms with Gasteiger partial charge >= 0.3 is 0 Å². The third kappa shape index (κ3) is 5.36. The third-order valence-electron chi connectivity index (χ3n) is 5.09. The molecule has 0 spiro atoms. The number of rotatable bonds is 8. The highest BCUT2D eigenvalue weighted by molar-refractivity contribution is 5.23. The molecule has 0 bridgehead atoms. The molecule has 1 saturated heterocycles. The van der Waals surface area contributed by atoms with Crippen LogP contribution in [0, 0.1) is 0 Å². The van der Waals surface area contributed by atoms with E-state index in [9.17, 15) is 0 Å². The molecule has 0 unspecified atom stereocenters. The zero-order valence-electron chi connectivity index (χ0n) is 16.1. The number of aromatic nitrogens is 3. The van der Waals surface area contributed by atoms with Gasteiger partial charge in [0.1, 0.15) is 6.61 Å². The molecule has 3 aromatic rings. The molecule has 28 heavy (non-hydrogen) atoms. The van der Waals surface area contributed by atoms with E-state index in [2.05, 4.69) is 44.3 Å². The molecule has 0 aliphatic carbocycles. The summed E-state index contributed by atoms with van der Waals surface area (Å²) in [6, 6.07) is 18.6. The molecule has 0 N–H and O–H groups in total. The number of nitrogens with zero attached hydrogens (tertiary/aromatic N) is 4. The summed E-state index contributed by atoms with van der Waals surface area (Å²) in [5.74, 6) is 0.528. The Kier molecular flexibility index (Phi) is 6.25. The summed E-state index contributed by atoms with van der Waals surface area (Å²) >= 11 is 0. The Labute approximate surface area is 166 Å². The van der Waals surface area contributed by atoms with E-state index in [-0.39, 0.29) is 0 Å². The smallest absolute Gasteiger partial charge is 0.233 e. The summed E-state index contributed by atoms with van der Waals surface area (Å²) in [7, 11) is 0. The fourth-order valence-corrected chi connectivity index (χ4v) is 3.47. The number of ether oxygens (including phenoxy) is 1. The predicted octanol–water partition coefficient (Wildman–Crippen LogP) is 3.83. The zero-order valence-corrected chi connectivity index (χ0v) is 16.1. The average molecular weight is 374 g/mol. The molecular formula is C23H26N4O. The summed E-state index contributed by atoms with van der Waals surface area (Å²) in [5.41, 5.74) is 4.59. The lowest BCUT2D eigenvalue weighted by Gasteiger charge is -2.14. The van der Waals surface area contributed by atoms with Gasteiger partial charge in [0, 0.05) is 18.8 Å². The summed E-state index contributed by atoms with van der Waals surface area (Å²) in [6.45, 7) is 3.95. The van der Waals surface area contributed by atoms with Crippen molar-refractivity contribution in [2.45, 2.75) is 38.8 Å². The van der Waals surface area contributed by atoms with Crippen LogP contribution in [0.15, 0.2) is 60.8 Å². The van der Waals surface area contributed by atoms with E-state index < -0.39 is 0 Å². The van der Waals surface area contributed by atoms with E-state index in [0.29, 0.717) is 12.5 Å². The van der Waals surface area contributed by atoms with Crippen LogP contribution in [0.1, 0.15) is 35.4 Å². The van der Waals surface area contributed by atoms with Gasteiger partial charge in [-0.2, -0.15) is 5.10 Å². The van der Waals surface area contributed by atoms with Gasteiger partial charge in [-0.15, -0.1) is 5.10 Å². The SMILES string of the molecule is c1ccc(COc2ccc(CCc3ccc(CN4CCCC4)cc3)nn2)nc1. The van der Waals surface area contributed by atoms with Gasteiger partial charge in [-0.05, 0) is 68.1 Å². The summed E-state index contributed by atoms with van der Waals surface area (Å²) in [4.78, 5) is 6.76. The van der Waals surface area contributed by atoms with Crippen LogP contribution < -0.4 is 4.74 Å². The number of likely N-dealkylation sites (tertiary alicyclic amines) is 1. The Morgan fingerprint density at radius 2 is 1.61 bits per heavy atom. The van der Waals surface area contributed by atoms with Gasteiger partial charge in [0.15, 0.2) is 0 Å². The third-order valence-corrected chi connectivity index (χ3v) is 5.09. The van der Waals surface area contributed by atoms with Crippen molar-refractivity contribution in [1.82, 2.24) is 20.1 Å². The van der Waals surface area contributed by atoms with Crippen LogP contribution in [0.2, 0.25) is 0 Å². The summed E-state index contributed by atoms with van der Waals surface area (Å²) in [5, 5.41) is 8.46. The first-order valence-electron chi connectivity index (χ1n) is 10.0. The average Bonchev–Trinajstić information content (AvgIpc) is 3.26. The lowest BCUT2D eigenvalue weighted by Crippen LogP contribution is -2.18. The van der Waals surface area contributed by atoms with Crippen LogP contribution in [0.5, 0.6) is 5.88 Å². The molecule has 3 heterocycles. The van der Waals surface area contributed by atoms with Gasteiger partial charge in [0.25, 0.3) is 0 Å². The van der Waals surface area contributed by atoms with Crippen molar-refractivity contribution in [1.29, 1.82) is 0 Å². The molecule has 2 aromatic heterocycles. The van der Waals surface area contributed by atoms with Gasteiger partial charge in [-0.3, -0.25) is 9.88 Å². The minimum atomic E-state index is 0.401. The largest absolute Gasteiger partial charge is 0.470 e. The lowest BCUT2D eigenvalue weighted by atomic mass is 10.1. The molecule has 5 heteroatoms. The van der Waals surface area contributed by atoms with Crippen LogP contribution in [0.4, 0.5) is 0 Å². The topological polar surface area (TPSA) is 51.1 Å². The van der Waals surface area contributed by atoms with Gasteiger partial charge in [0.2, 0.25) is 5.88 Å². The number of hydrogen-bond donors (Lipinski definition) is 0. The van der Waals surface area contributed by atoms with Crippen LogP contribution in [-0.4, -0.2) is 33.2 Å². The highest BCUT2D eigenvalue weighted by atomic mass is 16.5. The molecule has 5 nitrogen and oxygen atoms in total. The van der Waals surface area contributed by atoms with E-state index in [1.165, 1.54) is 37.1 Å². The first kappa shape index (κ1) is 18.6. The Hall–Kier alpha value is -2.79. The molecule has 144 valence electrons. The minimum absolute atomic E-state index is 0.401. The molecule has 1 aliphatic heterocycles. The summed E-state index contributed by atoms with van der Waals surface area (Å²) < 4.78 is 5.64. The first-order valence-corrected chi connectivity index (χ1v) is 10.0. The van der Waals surface area contributed by atoms with Gasteiger partial charge in [0.05, 0.1) is 11.4 Å². The number of hydrogen-bond acceptors (Lipinski definition) is 5. The molecule has 0 amide bonds. The van der Waals surface area contributed by atoms with Gasteiger partial charge < -0.3 is 4.74 Å². The number of pyridine rings is 1. The second-order valence-electron chi connectivity index (χ2n) is 7.27. The minimum Gasteiger partial charge on any atom is -0.470 e. The Morgan fingerprint density at radius 1 is 0.786 bits per heavy atom. The van der Waals surface area contributed by atoms with E-state index in [4.69, 9.17) is 4.74 Å². The van der Waals surface area contributed by atoms with Gasteiger partial charge in [-0.1, -0.05) is 30.3 Å². The Balaban J connectivity index is 1.24. The zero-order chi connectivity index (χ0) is 19.0. The highest BCUT2D eigenvalue weighted by Gasteiger charge is 2.11. The van der Waals surface area contributed by atoms with Crippen molar-refractivity contribution >= 4 is 0 Å². The maximum atomic E-state index is 5.64. The van der Waals surface area contributed by atoms with E-state index in [1.54, 1.807) is 6.20 Å². The fraction of sp³-hybridized carbons (Fsp3) is 0.348. The number of aryl methyl sites for hydroxylation is 2. The van der Waals surface area contributed by atoms with E-state index >= 15 is 0 Å². The van der Waals surface area contributed by atoms with Crippen molar-refractivity contribution in [2.24, 2.45) is 0 Å². The van der Waals surface area contributed by atoms with Crippen LogP contribution in [0.25, 0.3) is 0 Å². The first-order chi connectivity index (χ1) is 13.8. The van der Waals surface area contributed by atoms with Crippen molar-refractivity contribution in [3.63, 3.8) is 0 Å². The van der Waals surface area contributed by atoms with E-state index in [1.807, 2.05) is 30.3 Å². The second kappa shape index (κ2) is 9.42. The maximum Gasteiger partial charge on any atom is 0.233 e. The quantitative estimate of drug-likeness (QED) is 0.600. The maximum absolute atomic E-state index is 5.64. The second-order valence-corrected chi connectivity index (χ2v) is 7.27. The molecule has 1 fully saturated rings. The normalized spacial score (nSPS) is 14.3. The molecule has 0 saturated carbocycles. The van der Waals surface area contributed by atoms with Crippen molar-refractivity contribution < 1.29 is 4.74 Å². The number of benzene rings is 1. The van der Waals surface area contributed by atoms with Crippen LogP contribution >= 0.6 is 0 Å². The molecular weight excluding hydrogens is 348 g/mol. The standard InChI is InChI=1S/C23H26N4O/c1-2-14-24-22(5-1)18-28-23-13-12-21(25-26-23)11-10-19-6-8-20(9-7-19)17-27-15-3-4-16-27/h1-2,5-9,12-14H,3-4,10-11,15-18H2. The van der Waals surface area contributed by atoms with Crippen LogP contribution in [0.3, 0.4) is 0 Å². The molecule has 1 aromatic carbocycles. The van der Waals surface area contributed by atoms with Crippen molar-refractivity contribution in [2.75, 3.05) is 13.1 Å². The molecule has 4 rings (SSSR count). The van der Waals surface area contributed by atoms with Crippen molar-refractivity contribution in [3.8, 4) is 5.88 Å². The molecule has 0 radical (unpaired) electrons. The highest BCUT2D eigenvalue weighted by Crippen LogP contribution is 2.14. The Morgan fingerprint density at radius 3 is 2.32 bits per heavy atom. The monoisotopic (exact) mass is 374 g/mol. The van der Waals surface area contributed by atoms with Gasteiger partial charge in [-0.25, -0.2) is 0 Å².